The summed E-state index contributed by atoms with van der Waals surface area (Å²) < 4.78 is 0. The Labute approximate surface area is 88.9 Å². The van der Waals surface area contributed by atoms with Crippen LogP contribution in [0.25, 0.3) is 0 Å². The average molecular weight is 212 g/mol. The van der Waals surface area contributed by atoms with Crippen LogP contribution in [0, 0.1) is 5.92 Å². The molecule has 0 spiro atoms. The van der Waals surface area contributed by atoms with Crippen LogP contribution in [0.15, 0.2) is 24.3 Å². The van der Waals surface area contributed by atoms with Crippen molar-refractivity contribution < 1.29 is 5.11 Å². The van der Waals surface area contributed by atoms with Gasteiger partial charge >= 0.3 is 0 Å². The molecule has 1 heterocycles. The summed E-state index contributed by atoms with van der Waals surface area (Å²) in [5.74, 6) is 0.411. The van der Waals surface area contributed by atoms with Crippen molar-refractivity contribution in [1.29, 1.82) is 0 Å². The van der Waals surface area contributed by atoms with Crippen LogP contribution in [0.1, 0.15) is 5.56 Å². The normalized spacial score (nSPS) is 19.0. The highest BCUT2D eigenvalue weighted by Gasteiger charge is 2.25. The molecule has 14 heavy (non-hydrogen) atoms. The third-order valence-electron chi connectivity index (χ3n) is 2.69. The highest BCUT2D eigenvalue weighted by Crippen LogP contribution is 2.17. The van der Waals surface area contributed by atoms with E-state index in [1.165, 1.54) is 0 Å². The largest absolute Gasteiger partial charge is 0.392 e. The molecule has 0 bridgehead atoms. The van der Waals surface area contributed by atoms with Gasteiger partial charge in [-0.05, 0) is 24.1 Å². The Morgan fingerprint density at radius 3 is 2.86 bits per heavy atom. The zero-order valence-electron chi connectivity index (χ0n) is 7.91. The van der Waals surface area contributed by atoms with Gasteiger partial charge in [-0.1, -0.05) is 23.7 Å². The molecule has 2 nitrogen and oxygen atoms in total. The van der Waals surface area contributed by atoms with Crippen LogP contribution in [0.5, 0.6) is 0 Å². The molecular weight excluding hydrogens is 198 g/mol. The van der Waals surface area contributed by atoms with Crippen LogP contribution >= 0.6 is 11.6 Å². The van der Waals surface area contributed by atoms with Crippen LogP contribution in [0.2, 0.25) is 5.02 Å². The number of hydrogen-bond donors (Lipinski definition) is 2. The van der Waals surface area contributed by atoms with Crippen molar-refractivity contribution in [1.82, 2.24) is 5.32 Å². The average Bonchev–Trinajstić information content (AvgIpc) is 1.99. The van der Waals surface area contributed by atoms with Crippen LogP contribution in [0.4, 0.5) is 0 Å². The molecule has 3 heteroatoms. The molecule has 76 valence electrons. The lowest BCUT2D eigenvalue weighted by molar-refractivity contribution is 0.0772. The third-order valence-corrected chi connectivity index (χ3v) is 2.93. The zero-order chi connectivity index (χ0) is 9.97. The molecule has 1 aromatic carbocycles. The zero-order valence-corrected chi connectivity index (χ0v) is 8.67. The maximum Gasteiger partial charge on any atom is 0.0633 e. The molecule has 0 radical (unpaired) electrons. The van der Waals surface area contributed by atoms with Crippen molar-refractivity contribution in [2.45, 2.75) is 12.5 Å². The maximum atomic E-state index is 9.83. The number of nitrogens with one attached hydrogen (secondary N) is 1. The molecule has 1 aromatic rings. The van der Waals surface area contributed by atoms with Crippen molar-refractivity contribution in [2.24, 2.45) is 5.92 Å². The molecule has 1 fully saturated rings. The van der Waals surface area contributed by atoms with Gasteiger partial charge in [0.15, 0.2) is 0 Å². The summed E-state index contributed by atoms with van der Waals surface area (Å²) in [6.45, 7) is 1.86. The Morgan fingerprint density at radius 2 is 2.29 bits per heavy atom. The fourth-order valence-corrected chi connectivity index (χ4v) is 1.87. The van der Waals surface area contributed by atoms with Crippen molar-refractivity contribution in [3.05, 3.63) is 34.9 Å². The SMILES string of the molecule is OC(Cc1cccc(Cl)c1)C1CNC1. The Bertz CT molecular complexity index is 312. The van der Waals surface area contributed by atoms with E-state index in [0.29, 0.717) is 12.3 Å². The molecule has 0 amide bonds. The fraction of sp³-hybridized carbons (Fsp3) is 0.455. The number of benzene rings is 1. The van der Waals surface area contributed by atoms with E-state index in [1.54, 1.807) is 0 Å². The third kappa shape index (κ3) is 2.27. The maximum absolute atomic E-state index is 9.83. The molecule has 2 N–H and O–H groups in total. The van der Waals surface area contributed by atoms with Crippen molar-refractivity contribution in [3.63, 3.8) is 0 Å². The van der Waals surface area contributed by atoms with Gasteiger partial charge in [-0.15, -0.1) is 0 Å². The van der Waals surface area contributed by atoms with E-state index in [0.717, 1.165) is 23.7 Å². The number of halogens is 1. The Kier molecular flexibility index (Phi) is 3.06. The van der Waals surface area contributed by atoms with Gasteiger partial charge in [-0.2, -0.15) is 0 Å². The smallest absolute Gasteiger partial charge is 0.0633 e. The lowest BCUT2D eigenvalue weighted by Gasteiger charge is -2.31. The van der Waals surface area contributed by atoms with E-state index in [-0.39, 0.29) is 6.10 Å². The molecular formula is C11H14ClNO. The van der Waals surface area contributed by atoms with Gasteiger partial charge in [0.2, 0.25) is 0 Å². The monoisotopic (exact) mass is 211 g/mol. The topological polar surface area (TPSA) is 32.3 Å². The van der Waals surface area contributed by atoms with E-state index in [9.17, 15) is 5.11 Å². The number of hydrogen-bond acceptors (Lipinski definition) is 2. The Hall–Kier alpha value is -0.570. The van der Waals surface area contributed by atoms with Gasteiger partial charge in [0.05, 0.1) is 6.10 Å². The quantitative estimate of drug-likeness (QED) is 0.794. The molecule has 0 aromatic heterocycles. The van der Waals surface area contributed by atoms with Crippen LogP contribution < -0.4 is 5.32 Å². The minimum absolute atomic E-state index is 0.241. The summed E-state index contributed by atoms with van der Waals surface area (Å²) >= 11 is 5.86. The lowest BCUT2D eigenvalue weighted by atomic mass is 9.92. The van der Waals surface area contributed by atoms with E-state index in [2.05, 4.69) is 5.32 Å². The lowest BCUT2D eigenvalue weighted by Crippen LogP contribution is -2.49. The number of aliphatic hydroxyl groups is 1. The van der Waals surface area contributed by atoms with Gasteiger partial charge in [-0.25, -0.2) is 0 Å². The van der Waals surface area contributed by atoms with Crippen molar-refractivity contribution in [2.75, 3.05) is 13.1 Å². The molecule has 0 saturated carbocycles. The summed E-state index contributed by atoms with van der Waals surface area (Å²) in [5.41, 5.74) is 1.11. The van der Waals surface area contributed by atoms with E-state index in [1.807, 2.05) is 24.3 Å². The molecule has 2 rings (SSSR count). The molecule has 1 atom stereocenters. The Balaban J connectivity index is 1.95. The van der Waals surface area contributed by atoms with Gasteiger partial charge in [-0.3, -0.25) is 0 Å². The summed E-state index contributed by atoms with van der Waals surface area (Å²) in [5, 5.41) is 13.7. The molecule has 1 aliphatic heterocycles. The summed E-state index contributed by atoms with van der Waals surface area (Å²) in [7, 11) is 0. The second-order valence-corrected chi connectivity index (χ2v) is 4.26. The predicted molar refractivity (Wildman–Crippen MR) is 57.5 cm³/mol. The minimum Gasteiger partial charge on any atom is -0.392 e. The van der Waals surface area contributed by atoms with Crippen LogP contribution in [-0.2, 0) is 6.42 Å². The first-order valence-electron chi connectivity index (χ1n) is 4.89. The second-order valence-electron chi connectivity index (χ2n) is 3.82. The van der Waals surface area contributed by atoms with Gasteiger partial charge in [0.25, 0.3) is 0 Å². The van der Waals surface area contributed by atoms with Gasteiger partial charge < -0.3 is 10.4 Å². The predicted octanol–water partition coefficient (Wildman–Crippen LogP) is 1.46. The van der Waals surface area contributed by atoms with Gasteiger partial charge in [0.1, 0.15) is 0 Å². The summed E-state index contributed by atoms with van der Waals surface area (Å²) in [6.07, 6.45) is 0.460. The van der Waals surface area contributed by atoms with Crippen molar-refractivity contribution in [3.8, 4) is 0 Å². The minimum atomic E-state index is -0.241. The van der Waals surface area contributed by atoms with Crippen LogP contribution in [0.3, 0.4) is 0 Å². The molecule has 1 unspecified atom stereocenters. The summed E-state index contributed by atoms with van der Waals surface area (Å²) in [4.78, 5) is 0. The van der Waals surface area contributed by atoms with Crippen LogP contribution in [-0.4, -0.2) is 24.3 Å². The first-order chi connectivity index (χ1) is 6.75. The van der Waals surface area contributed by atoms with E-state index < -0.39 is 0 Å². The standard InChI is InChI=1S/C11H14ClNO/c12-10-3-1-2-8(4-10)5-11(14)9-6-13-7-9/h1-4,9,11,13-14H,5-7H2. The number of rotatable bonds is 3. The first kappa shape index (κ1) is 9.97. The molecule has 0 aliphatic carbocycles. The summed E-state index contributed by atoms with van der Waals surface area (Å²) in [6, 6.07) is 7.68. The fourth-order valence-electron chi connectivity index (χ4n) is 1.66. The highest BCUT2D eigenvalue weighted by molar-refractivity contribution is 6.30. The second kappa shape index (κ2) is 4.30. The first-order valence-corrected chi connectivity index (χ1v) is 5.27. The van der Waals surface area contributed by atoms with E-state index in [4.69, 9.17) is 11.6 Å². The molecule has 1 aliphatic rings. The highest BCUT2D eigenvalue weighted by atomic mass is 35.5. The Morgan fingerprint density at radius 1 is 1.50 bits per heavy atom. The van der Waals surface area contributed by atoms with Crippen molar-refractivity contribution >= 4 is 11.6 Å². The molecule has 1 saturated heterocycles. The number of aliphatic hydroxyl groups excluding tert-OH is 1. The van der Waals surface area contributed by atoms with Gasteiger partial charge in [0, 0.05) is 24.0 Å². The van der Waals surface area contributed by atoms with E-state index >= 15 is 0 Å².